The van der Waals surface area contributed by atoms with E-state index in [9.17, 15) is 14.7 Å². The first-order chi connectivity index (χ1) is 14.9. The van der Waals surface area contributed by atoms with Crippen molar-refractivity contribution in [2.75, 3.05) is 19.7 Å². The molecule has 31 heavy (non-hydrogen) atoms. The molecule has 6 nitrogen and oxygen atoms in total. The molecule has 1 aliphatic carbocycles. The third kappa shape index (κ3) is 4.64. The van der Waals surface area contributed by atoms with E-state index in [0.717, 1.165) is 61.5 Å². The highest BCUT2D eigenvalue weighted by atomic mass is 16.5. The number of fused-ring (bicyclic) bond motifs is 2. The maximum absolute atomic E-state index is 12.9. The molecular weight excluding hydrogens is 394 g/mol. The summed E-state index contributed by atoms with van der Waals surface area (Å²) < 4.78 is 11.5. The summed E-state index contributed by atoms with van der Waals surface area (Å²) in [6.45, 7) is 5.14. The number of amides is 1. The standard InChI is InChI=1S/C25H33NO5/c1-3-4-7-18-14-23(28)31-21-13-17(2)12-20(24(18)21)30-16-22(27)26-11-10-25(29)9-6-5-8-19(25)15-26/h12-14,19,29H,3-11,15-16H2,1-2H3/t19-,25+/m0/s1. The molecule has 1 N–H and O–H groups in total. The summed E-state index contributed by atoms with van der Waals surface area (Å²) in [7, 11) is 0. The van der Waals surface area contributed by atoms with Crippen LogP contribution in [-0.2, 0) is 11.2 Å². The number of carbonyl (C=O) groups excluding carboxylic acids is 1. The van der Waals surface area contributed by atoms with Crippen molar-refractivity contribution in [3.05, 3.63) is 39.7 Å². The molecule has 0 radical (unpaired) electrons. The van der Waals surface area contributed by atoms with E-state index in [1.807, 2.05) is 24.0 Å². The molecule has 1 aromatic carbocycles. The molecular formula is C25H33NO5. The van der Waals surface area contributed by atoms with Gasteiger partial charge >= 0.3 is 5.63 Å². The fourth-order valence-electron chi connectivity index (χ4n) is 5.18. The Morgan fingerprint density at radius 3 is 2.94 bits per heavy atom. The minimum absolute atomic E-state index is 0.0595. The number of piperidine rings is 1. The molecule has 1 aromatic heterocycles. The van der Waals surface area contributed by atoms with Gasteiger partial charge < -0.3 is 19.2 Å². The van der Waals surface area contributed by atoms with Gasteiger partial charge in [-0.1, -0.05) is 26.2 Å². The van der Waals surface area contributed by atoms with Gasteiger partial charge in [0.15, 0.2) is 6.61 Å². The molecule has 168 valence electrons. The van der Waals surface area contributed by atoms with E-state index >= 15 is 0 Å². The topological polar surface area (TPSA) is 80.0 Å². The maximum atomic E-state index is 12.9. The lowest BCUT2D eigenvalue weighted by Crippen LogP contribution is -2.55. The number of likely N-dealkylation sites (tertiary alicyclic amines) is 1. The normalized spacial score (nSPS) is 23.6. The first-order valence-corrected chi connectivity index (χ1v) is 11.6. The summed E-state index contributed by atoms with van der Waals surface area (Å²) in [5.74, 6) is 0.688. The molecule has 2 aliphatic rings. The Morgan fingerprint density at radius 2 is 2.13 bits per heavy atom. The van der Waals surface area contributed by atoms with Gasteiger partial charge in [-0.2, -0.15) is 0 Å². The second-order valence-electron chi connectivity index (χ2n) is 9.26. The van der Waals surface area contributed by atoms with E-state index in [0.29, 0.717) is 30.8 Å². The highest BCUT2D eigenvalue weighted by molar-refractivity contribution is 5.88. The van der Waals surface area contributed by atoms with Gasteiger partial charge in [-0.05, 0) is 62.3 Å². The number of benzene rings is 1. The Balaban J connectivity index is 1.52. The highest BCUT2D eigenvalue weighted by Crippen LogP contribution is 2.40. The van der Waals surface area contributed by atoms with E-state index < -0.39 is 5.60 Å². The molecule has 1 saturated carbocycles. The summed E-state index contributed by atoms with van der Waals surface area (Å²) in [5, 5.41) is 11.7. The van der Waals surface area contributed by atoms with E-state index in [1.165, 1.54) is 6.07 Å². The molecule has 2 fully saturated rings. The zero-order chi connectivity index (χ0) is 22.0. The zero-order valence-corrected chi connectivity index (χ0v) is 18.6. The van der Waals surface area contributed by atoms with E-state index in [2.05, 4.69) is 6.92 Å². The van der Waals surface area contributed by atoms with Gasteiger partial charge in [-0.25, -0.2) is 4.79 Å². The number of rotatable bonds is 6. The van der Waals surface area contributed by atoms with Gasteiger partial charge in [-0.15, -0.1) is 0 Å². The van der Waals surface area contributed by atoms with Gasteiger partial charge in [0.1, 0.15) is 11.3 Å². The second-order valence-corrected chi connectivity index (χ2v) is 9.26. The van der Waals surface area contributed by atoms with Gasteiger partial charge in [0, 0.05) is 25.1 Å². The van der Waals surface area contributed by atoms with Crippen LogP contribution < -0.4 is 10.4 Å². The van der Waals surface area contributed by atoms with Gasteiger partial charge in [-0.3, -0.25) is 4.79 Å². The summed E-state index contributed by atoms with van der Waals surface area (Å²) in [4.78, 5) is 26.8. The van der Waals surface area contributed by atoms with Crippen LogP contribution in [0, 0.1) is 12.8 Å². The van der Waals surface area contributed by atoms with Crippen LogP contribution in [0.15, 0.2) is 27.4 Å². The average Bonchev–Trinajstić information content (AvgIpc) is 2.74. The molecule has 1 amide bonds. The van der Waals surface area contributed by atoms with Crippen molar-refractivity contribution in [1.82, 2.24) is 4.90 Å². The fourth-order valence-corrected chi connectivity index (χ4v) is 5.18. The third-order valence-corrected chi connectivity index (χ3v) is 6.97. The highest BCUT2D eigenvalue weighted by Gasteiger charge is 2.43. The van der Waals surface area contributed by atoms with Crippen molar-refractivity contribution in [3.63, 3.8) is 0 Å². The average molecular weight is 428 g/mol. The maximum Gasteiger partial charge on any atom is 0.336 e. The summed E-state index contributed by atoms with van der Waals surface area (Å²) in [5.41, 5.74) is 1.36. The predicted molar refractivity (Wildman–Crippen MR) is 119 cm³/mol. The Labute approximate surface area is 183 Å². The quantitative estimate of drug-likeness (QED) is 0.706. The molecule has 0 spiro atoms. The minimum Gasteiger partial charge on any atom is -0.483 e. The number of hydrogen-bond donors (Lipinski definition) is 1. The summed E-state index contributed by atoms with van der Waals surface area (Å²) >= 11 is 0. The number of nitrogens with zero attached hydrogens (tertiary/aromatic N) is 1. The monoisotopic (exact) mass is 427 g/mol. The Kier molecular flexibility index (Phi) is 6.37. The van der Waals surface area contributed by atoms with E-state index in [4.69, 9.17) is 9.15 Å². The van der Waals surface area contributed by atoms with Crippen LogP contribution in [-0.4, -0.2) is 41.2 Å². The number of aryl methyl sites for hydroxylation is 2. The number of hydrogen-bond acceptors (Lipinski definition) is 5. The molecule has 1 aliphatic heterocycles. The molecule has 0 bridgehead atoms. The van der Waals surface area contributed by atoms with Crippen molar-refractivity contribution in [2.45, 2.75) is 70.8 Å². The van der Waals surface area contributed by atoms with E-state index in [1.54, 1.807) is 0 Å². The van der Waals surface area contributed by atoms with Crippen molar-refractivity contribution in [1.29, 1.82) is 0 Å². The molecule has 4 rings (SSSR count). The summed E-state index contributed by atoms with van der Waals surface area (Å²) in [6.07, 6.45) is 7.39. The third-order valence-electron chi connectivity index (χ3n) is 6.97. The van der Waals surface area contributed by atoms with Crippen LogP contribution in [0.2, 0.25) is 0 Å². The zero-order valence-electron chi connectivity index (χ0n) is 18.6. The Bertz CT molecular complexity index is 1010. The van der Waals surface area contributed by atoms with Crippen molar-refractivity contribution < 1.29 is 19.1 Å². The lowest BCUT2D eigenvalue weighted by molar-refractivity contribution is -0.145. The number of aliphatic hydroxyl groups is 1. The number of unbranched alkanes of at least 4 members (excludes halogenated alkanes) is 1. The van der Waals surface area contributed by atoms with Crippen LogP contribution in [0.3, 0.4) is 0 Å². The van der Waals surface area contributed by atoms with E-state index in [-0.39, 0.29) is 24.1 Å². The van der Waals surface area contributed by atoms with Crippen molar-refractivity contribution >= 4 is 16.9 Å². The first kappa shape index (κ1) is 21.9. The van der Waals surface area contributed by atoms with Gasteiger partial charge in [0.2, 0.25) is 0 Å². The van der Waals surface area contributed by atoms with Crippen LogP contribution in [0.4, 0.5) is 0 Å². The molecule has 6 heteroatoms. The minimum atomic E-state index is -0.603. The number of carbonyl (C=O) groups is 1. The fraction of sp³-hybridized carbons (Fsp3) is 0.600. The lowest BCUT2D eigenvalue weighted by Gasteiger charge is -2.47. The number of ether oxygens (including phenoxy) is 1. The predicted octanol–water partition coefficient (Wildman–Crippen LogP) is 3.98. The van der Waals surface area contributed by atoms with Crippen LogP contribution in [0.5, 0.6) is 5.75 Å². The summed E-state index contributed by atoms with van der Waals surface area (Å²) in [6, 6.07) is 5.28. The van der Waals surface area contributed by atoms with Crippen molar-refractivity contribution in [3.8, 4) is 5.75 Å². The molecule has 2 heterocycles. The van der Waals surface area contributed by atoms with Gasteiger partial charge in [0.25, 0.3) is 5.91 Å². The largest absolute Gasteiger partial charge is 0.483 e. The van der Waals surface area contributed by atoms with Crippen LogP contribution in [0.1, 0.15) is 63.0 Å². The second kappa shape index (κ2) is 9.03. The van der Waals surface area contributed by atoms with Crippen molar-refractivity contribution in [2.24, 2.45) is 5.92 Å². The molecule has 2 atom stereocenters. The molecule has 0 unspecified atom stereocenters. The SMILES string of the molecule is CCCCc1cc(=O)oc2cc(C)cc(OCC(=O)N3CC[C@]4(O)CCCC[C@H]4C3)c12. The van der Waals surface area contributed by atoms with Crippen LogP contribution in [0.25, 0.3) is 11.0 Å². The Hall–Kier alpha value is -2.34. The lowest BCUT2D eigenvalue weighted by atomic mass is 9.71. The smallest absolute Gasteiger partial charge is 0.336 e. The van der Waals surface area contributed by atoms with Crippen LogP contribution >= 0.6 is 0 Å². The molecule has 1 saturated heterocycles. The molecule has 2 aromatic rings. The Morgan fingerprint density at radius 1 is 1.29 bits per heavy atom. The van der Waals surface area contributed by atoms with Gasteiger partial charge in [0.05, 0.1) is 11.0 Å². The first-order valence-electron chi connectivity index (χ1n) is 11.6.